The van der Waals surface area contributed by atoms with Crippen molar-refractivity contribution in [3.8, 4) is 0 Å². The Labute approximate surface area is 262 Å². The molecule has 10 nitrogen and oxygen atoms in total. The van der Waals surface area contributed by atoms with Gasteiger partial charge in [0.15, 0.2) is 11.8 Å². The van der Waals surface area contributed by atoms with E-state index in [1.165, 1.54) is 5.70 Å². The van der Waals surface area contributed by atoms with Crippen molar-refractivity contribution in [1.82, 2.24) is 4.90 Å². The molecule has 3 fully saturated rings. The summed E-state index contributed by atoms with van der Waals surface area (Å²) in [6, 6.07) is 0.00837. The van der Waals surface area contributed by atoms with Crippen molar-refractivity contribution < 1.29 is 32.4 Å². The number of allylic oxidation sites excluding steroid dienone is 6. The van der Waals surface area contributed by atoms with Gasteiger partial charge >= 0.3 is 5.97 Å². The Balaban J connectivity index is 1.55. The molecule has 0 bridgehead atoms. The highest BCUT2D eigenvalue weighted by Crippen LogP contribution is 2.53. The summed E-state index contributed by atoms with van der Waals surface area (Å²) in [6.07, 6.45) is 16.2. The molecule has 2 aliphatic carbocycles. The van der Waals surface area contributed by atoms with E-state index < -0.39 is 27.4 Å². The number of rotatable bonds is 12. The zero-order chi connectivity index (χ0) is 32.4. The first-order valence-electron chi connectivity index (χ1n) is 16.4. The number of fused-ring (bicyclic) bond motifs is 2. The normalized spacial score (nSPS) is 32.5. The Morgan fingerprint density at radius 1 is 1.02 bits per heavy atom. The van der Waals surface area contributed by atoms with Crippen LogP contribution in [0.3, 0.4) is 0 Å². The molecule has 44 heavy (non-hydrogen) atoms. The van der Waals surface area contributed by atoms with E-state index in [2.05, 4.69) is 56.2 Å². The standard InChI is InChI=1S/C33H51N3O7S/c1-6-34-27-18-16-23(36(39)40)21-25(27)32(2,3)29(34)13-9-7-10-14-30-33(4,5)26-22-24(44(41,42)43)17-19-28(26)35(30)20-12-8-11-15-31(37)38/h7,9-10,13-14,23-28H,6,8,11-12,15-22H2,1-5H3,(H-,37,38,41,42,43). The fourth-order valence-corrected chi connectivity index (χ4v) is 9.75. The summed E-state index contributed by atoms with van der Waals surface area (Å²) in [6.45, 7) is 12.5. The lowest BCUT2D eigenvalue weighted by atomic mass is 9.69. The molecule has 246 valence electrons. The maximum Gasteiger partial charge on any atom is 0.303 e. The fraction of sp³-hybridized carbons (Fsp3) is 0.758. The highest BCUT2D eigenvalue weighted by Gasteiger charge is 2.56. The van der Waals surface area contributed by atoms with Crippen LogP contribution >= 0.6 is 0 Å². The van der Waals surface area contributed by atoms with E-state index in [1.54, 1.807) is 0 Å². The van der Waals surface area contributed by atoms with Crippen LogP contribution in [0.25, 0.3) is 0 Å². The number of hydrogen-bond donors (Lipinski definition) is 1. The number of aliphatic carboxylic acids is 1. The third kappa shape index (κ3) is 6.98. The van der Waals surface area contributed by atoms with E-state index in [0.29, 0.717) is 44.6 Å². The molecule has 2 saturated carbocycles. The third-order valence-electron chi connectivity index (χ3n) is 11.2. The van der Waals surface area contributed by atoms with Crippen molar-refractivity contribution >= 4 is 21.8 Å². The van der Waals surface area contributed by atoms with Crippen LogP contribution in [0.4, 0.5) is 0 Å². The lowest BCUT2D eigenvalue weighted by Crippen LogP contribution is -2.42. The van der Waals surface area contributed by atoms with Crippen LogP contribution < -0.4 is 0 Å². The van der Waals surface area contributed by atoms with Gasteiger partial charge in [-0.15, -0.1) is 0 Å². The summed E-state index contributed by atoms with van der Waals surface area (Å²) >= 11 is 0. The van der Waals surface area contributed by atoms with Crippen molar-refractivity contribution in [3.63, 3.8) is 0 Å². The third-order valence-corrected chi connectivity index (χ3v) is 12.5. The van der Waals surface area contributed by atoms with E-state index in [4.69, 9.17) is 5.11 Å². The van der Waals surface area contributed by atoms with E-state index in [9.17, 15) is 27.9 Å². The van der Waals surface area contributed by atoms with Gasteiger partial charge in [0.1, 0.15) is 6.54 Å². The molecule has 6 unspecified atom stereocenters. The van der Waals surface area contributed by atoms with Crippen LogP contribution in [0.2, 0.25) is 0 Å². The van der Waals surface area contributed by atoms with E-state index in [-0.39, 0.29) is 40.1 Å². The van der Waals surface area contributed by atoms with Crippen LogP contribution in [-0.4, -0.2) is 80.6 Å². The Morgan fingerprint density at radius 3 is 2.39 bits per heavy atom. The average Bonchev–Trinajstić information content (AvgIpc) is 3.29. The van der Waals surface area contributed by atoms with Gasteiger partial charge in [-0.3, -0.25) is 14.9 Å². The Bertz CT molecular complexity index is 1330. The minimum atomic E-state index is -4.35. The second-order valence-electron chi connectivity index (χ2n) is 14.3. The van der Waals surface area contributed by atoms with Gasteiger partial charge in [0.05, 0.1) is 20.8 Å². The van der Waals surface area contributed by atoms with Gasteiger partial charge in [-0.05, 0) is 64.9 Å². The quantitative estimate of drug-likeness (QED) is 0.0754. The highest BCUT2D eigenvalue weighted by atomic mass is 32.2. The average molecular weight is 634 g/mol. The predicted octanol–water partition coefficient (Wildman–Crippen LogP) is 5.38. The minimum Gasteiger partial charge on any atom is -0.748 e. The summed E-state index contributed by atoms with van der Waals surface area (Å²) in [4.78, 5) is 24.8. The molecule has 11 heteroatoms. The number of hydrogen-bond acceptors (Lipinski definition) is 7. The number of unbranched alkanes of at least 4 members (excludes halogenated alkanes) is 2. The summed E-state index contributed by atoms with van der Waals surface area (Å²) in [7, 11) is -4.35. The lowest BCUT2D eigenvalue weighted by molar-refractivity contribution is -0.566. The first-order chi connectivity index (χ1) is 20.6. The van der Waals surface area contributed by atoms with Gasteiger partial charge in [-0.1, -0.05) is 32.1 Å². The molecule has 1 saturated heterocycles. The van der Waals surface area contributed by atoms with Crippen molar-refractivity contribution in [3.05, 3.63) is 46.2 Å². The van der Waals surface area contributed by atoms with Gasteiger partial charge < -0.3 is 14.6 Å². The maximum atomic E-state index is 11.9. The number of nitrogens with zero attached hydrogens (tertiary/aromatic N) is 3. The highest BCUT2D eigenvalue weighted by molar-refractivity contribution is 7.86. The number of carboxylic acid groups (broad SMARTS) is 1. The van der Waals surface area contributed by atoms with E-state index in [1.807, 2.05) is 18.2 Å². The Morgan fingerprint density at radius 2 is 1.75 bits per heavy atom. The molecule has 1 N–H and O–H groups in total. The van der Waals surface area contributed by atoms with Crippen molar-refractivity contribution in [1.29, 1.82) is 0 Å². The molecule has 0 aromatic heterocycles. The zero-order valence-corrected chi connectivity index (χ0v) is 27.8. The van der Waals surface area contributed by atoms with Gasteiger partial charge in [-0.2, -0.15) is 0 Å². The van der Waals surface area contributed by atoms with Crippen LogP contribution in [0.15, 0.2) is 36.1 Å². The maximum absolute atomic E-state index is 11.9. The van der Waals surface area contributed by atoms with Crippen LogP contribution in [0, 0.1) is 32.8 Å². The molecule has 0 radical (unpaired) electrons. The zero-order valence-electron chi connectivity index (χ0n) is 27.0. The van der Waals surface area contributed by atoms with Gasteiger partial charge in [-0.25, -0.2) is 13.0 Å². The minimum absolute atomic E-state index is 0.0403. The van der Waals surface area contributed by atoms with Gasteiger partial charge in [0.2, 0.25) is 6.04 Å². The molecule has 0 aromatic carbocycles. The topological polar surface area (TPSA) is 144 Å². The second kappa shape index (κ2) is 13.4. The summed E-state index contributed by atoms with van der Waals surface area (Å²) in [5, 5.41) is 19.7. The second-order valence-corrected chi connectivity index (χ2v) is 16.0. The summed E-state index contributed by atoms with van der Waals surface area (Å²) in [5.74, 6) is -0.506. The number of likely N-dealkylation sites (tertiary alicyclic amines) is 1. The molecule has 6 atom stereocenters. The first-order valence-corrected chi connectivity index (χ1v) is 17.8. The molecular formula is C33H51N3O7S. The van der Waals surface area contributed by atoms with Gasteiger partial charge in [0.25, 0.3) is 0 Å². The SMILES string of the molecule is CCN1\C(=C/C=C/C=C/C2=[N+](CCCCCC(=O)O)C3CCC(S(=O)(=O)[O-])CC3C2(C)C)C(C)(C)C2CC([N+](=O)[O-])CCC21. The number of carboxylic acids is 1. The monoisotopic (exact) mass is 633 g/mol. The number of carbonyl (C=O) groups is 1. The summed E-state index contributed by atoms with van der Waals surface area (Å²) in [5.41, 5.74) is 1.85. The molecule has 0 aromatic rings. The Hall–Kier alpha value is -2.53. The van der Waals surface area contributed by atoms with Crippen molar-refractivity contribution in [2.75, 3.05) is 13.1 Å². The summed E-state index contributed by atoms with van der Waals surface area (Å²) < 4.78 is 38.2. The molecule has 4 rings (SSSR count). The largest absolute Gasteiger partial charge is 0.748 e. The van der Waals surface area contributed by atoms with Gasteiger partial charge in [0, 0.05) is 72.7 Å². The molecule has 2 heterocycles. The Kier molecular flexibility index (Phi) is 10.5. The molecular weight excluding hydrogens is 582 g/mol. The number of nitro groups is 1. The van der Waals surface area contributed by atoms with Crippen molar-refractivity contribution in [2.24, 2.45) is 22.7 Å². The van der Waals surface area contributed by atoms with Crippen LogP contribution in [0.1, 0.15) is 98.8 Å². The lowest BCUT2D eigenvalue weighted by Gasteiger charge is -2.35. The molecule has 0 spiro atoms. The smallest absolute Gasteiger partial charge is 0.303 e. The molecule has 4 aliphatic rings. The van der Waals surface area contributed by atoms with Crippen molar-refractivity contribution in [2.45, 2.75) is 122 Å². The van der Waals surface area contributed by atoms with Crippen LogP contribution in [0.5, 0.6) is 0 Å². The first kappa shape index (κ1) is 34.3. The predicted molar refractivity (Wildman–Crippen MR) is 169 cm³/mol. The fourth-order valence-electron chi connectivity index (χ4n) is 8.88. The molecule has 2 aliphatic heterocycles. The van der Waals surface area contributed by atoms with Crippen LogP contribution in [-0.2, 0) is 14.9 Å². The van der Waals surface area contributed by atoms with E-state index in [0.717, 1.165) is 38.1 Å². The molecule has 0 amide bonds. The van der Waals surface area contributed by atoms with E-state index >= 15 is 0 Å².